The molecule has 1 unspecified atom stereocenters. The summed E-state index contributed by atoms with van der Waals surface area (Å²) in [6.45, 7) is 9.19. The summed E-state index contributed by atoms with van der Waals surface area (Å²) in [4.78, 5) is 33.7. The molecule has 1 aromatic heterocycles. The molecule has 0 aliphatic carbocycles. The van der Waals surface area contributed by atoms with Gasteiger partial charge in [-0.1, -0.05) is 58.1 Å². The number of unbranched alkanes of at least 4 members (excludes halogenated alkanes) is 6. The Balaban J connectivity index is 1.07. The van der Waals surface area contributed by atoms with E-state index in [1.54, 1.807) is 30.5 Å². The van der Waals surface area contributed by atoms with Crippen LogP contribution in [0.4, 0.5) is 0 Å². The summed E-state index contributed by atoms with van der Waals surface area (Å²) in [5, 5.41) is 12.3. The van der Waals surface area contributed by atoms with E-state index in [-0.39, 0.29) is 11.8 Å². The molecule has 248 valence electrons. The molecule has 1 saturated heterocycles. The summed E-state index contributed by atoms with van der Waals surface area (Å²) in [6.07, 6.45) is 14.6. The van der Waals surface area contributed by atoms with Gasteiger partial charge in [-0.25, -0.2) is 0 Å². The second kappa shape index (κ2) is 17.0. The Hall–Kier alpha value is -3.29. The van der Waals surface area contributed by atoms with Gasteiger partial charge in [-0.15, -0.1) is 0 Å². The second-order valence-electron chi connectivity index (χ2n) is 13.3. The van der Waals surface area contributed by atoms with E-state index in [1.165, 1.54) is 69.5 Å². The number of imide groups is 1. The Morgan fingerprint density at radius 2 is 1.63 bits per heavy atom. The summed E-state index contributed by atoms with van der Waals surface area (Å²) in [7, 11) is 0. The van der Waals surface area contributed by atoms with Crippen molar-refractivity contribution in [2.45, 2.75) is 97.0 Å². The summed E-state index contributed by atoms with van der Waals surface area (Å²) >= 11 is 0. The Morgan fingerprint density at radius 3 is 2.39 bits per heavy atom. The van der Waals surface area contributed by atoms with Gasteiger partial charge in [0.15, 0.2) is 0 Å². The highest BCUT2D eigenvalue weighted by Gasteiger charge is 2.34. The van der Waals surface area contributed by atoms with Crippen molar-refractivity contribution < 1.29 is 19.4 Å². The first-order valence-corrected chi connectivity index (χ1v) is 17.9. The van der Waals surface area contributed by atoms with Crippen molar-refractivity contribution in [3.63, 3.8) is 0 Å². The van der Waals surface area contributed by atoms with Gasteiger partial charge < -0.3 is 14.7 Å². The van der Waals surface area contributed by atoms with Crippen molar-refractivity contribution in [3.05, 3.63) is 71.4 Å². The van der Waals surface area contributed by atoms with E-state index < -0.39 is 6.10 Å². The molecule has 1 N–H and O–H groups in total. The Bertz CT molecular complexity index is 1410. The van der Waals surface area contributed by atoms with Crippen LogP contribution < -0.4 is 4.74 Å². The third kappa shape index (κ3) is 8.54. The van der Waals surface area contributed by atoms with E-state index >= 15 is 0 Å². The molecule has 2 aliphatic rings. The minimum absolute atomic E-state index is 0.196. The van der Waals surface area contributed by atoms with Crippen molar-refractivity contribution in [2.24, 2.45) is 11.8 Å². The number of carbonyl (C=O) groups excluding carboxylic acids is 2. The van der Waals surface area contributed by atoms with Crippen molar-refractivity contribution in [1.82, 2.24) is 14.8 Å². The molecule has 3 atom stereocenters. The van der Waals surface area contributed by atoms with Gasteiger partial charge >= 0.3 is 0 Å². The second-order valence-corrected chi connectivity index (χ2v) is 13.3. The molecule has 3 aromatic rings. The van der Waals surface area contributed by atoms with Crippen molar-refractivity contribution in [1.29, 1.82) is 0 Å². The van der Waals surface area contributed by atoms with E-state index in [0.29, 0.717) is 36.1 Å². The molecule has 0 radical (unpaired) electrons. The Kier molecular flexibility index (Phi) is 12.6. The van der Waals surface area contributed by atoms with Crippen LogP contribution in [0.5, 0.6) is 5.75 Å². The molecule has 2 aromatic carbocycles. The monoisotopic (exact) mass is 627 g/mol. The van der Waals surface area contributed by atoms with E-state index in [1.807, 2.05) is 24.3 Å². The fraction of sp³-hybridized carbons (Fsp3) is 0.564. The lowest BCUT2D eigenvalue weighted by atomic mass is 9.80. The molecular formula is C39H53N3O4. The topological polar surface area (TPSA) is 83.0 Å². The van der Waals surface area contributed by atoms with Gasteiger partial charge in [-0.3, -0.25) is 19.5 Å². The molecule has 2 amide bonds. The highest BCUT2D eigenvalue weighted by Crippen LogP contribution is 2.35. The predicted octanol–water partition coefficient (Wildman–Crippen LogP) is 8.21. The number of benzene rings is 2. The zero-order valence-corrected chi connectivity index (χ0v) is 28.0. The van der Waals surface area contributed by atoms with Crippen LogP contribution in [0.15, 0.2) is 54.7 Å². The number of fused-ring (bicyclic) bond motifs is 2. The van der Waals surface area contributed by atoms with Gasteiger partial charge in [0.2, 0.25) is 0 Å². The number of aliphatic hydroxyl groups excluding tert-OH is 1. The van der Waals surface area contributed by atoms with E-state index in [2.05, 4.69) is 23.7 Å². The summed E-state index contributed by atoms with van der Waals surface area (Å²) < 4.78 is 6.09. The molecule has 2 aliphatic heterocycles. The van der Waals surface area contributed by atoms with Crippen LogP contribution in [0.25, 0.3) is 10.9 Å². The van der Waals surface area contributed by atoms with Crippen LogP contribution >= 0.6 is 0 Å². The van der Waals surface area contributed by atoms with E-state index in [9.17, 15) is 14.7 Å². The minimum atomic E-state index is -0.531. The normalized spacial score (nSPS) is 19.2. The highest BCUT2D eigenvalue weighted by atomic mass is 16.5. The van der Waals surface area contributed by atoms with Crippen LogP contribution in [-0.4, -0.2) is 64.5 Å². The Morgan fingerprint density at radius 1 is 0.891 bits per heavy atom. The lowest BCUT2D eigenvalue weighted by Crippen LogP contribution is -2.40. The summed E-state index contributed by atoms with van der Waals surface area (Å²) in [5.41, 5.74) is 2.79. The number of ether oxygens (including phenoxy) is 1. The molecule has 0 spiro atoms. The standard InChI is InChI=1S/C39H53N3O4/c1-3-5-6-7-11-23-41-25-21-30(29(4-2)28-41)16-19-37(43)32-20-22-40-36-18-17-31(27-35(32)36)46-26-13-8-12-24-42-38(44)33-14-9-10-15-34(33)39(42)45/h9-10,14-15,17-18,20,22,27,29-30,37,43H,3-8,11-13,16,19,21,23-26,28H2,1-2H3/t29-,30+,37?/m0/s1. The number of aromatic nitrogens is 1. The third-order valence-electron chi connectivity index (χ3n) is 10.2. The van der Waals surface area contributed by atoms with Crippen LogP contribution in [0, 0.1) is 11.8 Å². The quantitative estimate of drug-likeness (QED) is 0.113. The highest BCUT2D eigenvalue weighted by molar-refractivity contribution is 6.21. The number of pyridine rings is 1. The minimum Gasteiger partial charge on any atom is -0.494 e. The smallest absolute Gasteiger partial charge is 0.261 e. The van der Waals surface area contributed by atoms with Crippen molar-refractivity contribution in [2.75, 3.05) is 32.8 Å². The number of piperidine rings is 1. The van der Waals surface area contributed by atoms with Crippen LogP contribution in [-0.2, 0) is 0 Å². The number of rotatable bonds is 18. The summed E-state index contributed by atoms with van der Waals surface area (Å²) in [5.74, 6) is 1.75. The van der Waals surface area contributed by atoms with E-state index in [0.717, 1.165) is 54.3 Å². The maximum atomic E-state index is 12.6. The first kappa shape index (κ1) is 34.1. The number of aliphatic hydroxyl groups is 1. The third-order valence-corrected chi connectivity index (χ3v) is 10.2. The summed E-state index contributed by atoms with van der Waals surface area (Å²) in [6, 6.07) is 14.9. The van der Waals surface area contributed by atoms with Crippen LogP contribution in [0.1, 0.15) is 123 Å². The number of carbonyl (C=O) groups is 2. The Labute approximate surface area is 275 Å². The zero-order valence-electron chi connectivity index (χ0n) is 28.0. The van der Waals surface area contributed by atoms with Crippen molar-refractivity contribution >= 4 is 22.7 Å². The molecule has 7 heteroatoms. The first-order chi connectivity index (χ1) is 22.5. The van der Waals surface area contributed by atoms with Gasteiger partial charge in [-0.05, 0) is 112 Å². The maximum absolute atomic E-state index is 12.6. The lowest BCUT2D eigenvalue weighted by molar-refractivity contribution is 0.0651. The molecule has 3 heterocycles. The fourth-order valence-corrected chi connectivity index (χ4v) is 7.38. The van der Waals surface area contributed by atoms with Crippen molar-refractivity contribution in [3.8, 4) is 5.75 Å². The van der Waals surface area contributed by atoms with Gasteiger partial charge in [-0.2, -0.15) is 0 Å². The van der Waals surface area contributed by atoms with Gasteiger partial charge in [0.1, 0.15) is 5.75 Å². The first-order valence-electron chi connectivity index (χ1n) is 17.9. The van der Waals surface area contributed by atoms with Crippen LogP contribution in [0.2, 0.25) is 0 Å². The molecule has 46 heavy (non-hydrogen) atoms. The number of hydrogen-bond acceptors (Lipinski definition) is 6. The molecule has 7 nitrogen and oxygen atoms in total. The number of hydrogen-bond donors (Lipinski definition) is 1. The fourth-order valence-electron chi connectivity index (χ4n) is 7.38. The molecule has 5 rings (SSSR count). The average Bonchev–Trinajstić information content (AvgIpc) is 3.33. The number of amides is 2. The molecular weight excluding hydrogens is 574 g/mol. The molecule has 0 bridgehead atoms. The maximum Gasteiger partial charge on any atom is 0.261 e. The van der Waals surface area contributed by atoms with Gasteiger partial charge in [0.05, 0.1) is 29.4 Å². The number of likely N-dealkylation sites (tertiary alicyclic amines) is 1. The van der Waals surface area contributed by atoms with Gasteiger partial charge in [0, 0.05) is 24.7 Å². The average molecular weight is 628 g/mol. The van der Waals surface area contributed by atoms with E-state index in [4.69, 9.17) is 4.74 Å². The lowest BCUT2D eigenvalue weighted by Gasteiger charge is -2.39. The SMILES string of the molecule is CCCCCCCN1CC[C@@H](CCC(O)c2ccnc3ccc(OCCCCCN4C(=O)c5ccccc5C4=O)cc23)[C@@H](CC)C1. The van der Waals surface area contributed by atoms with Crippen LogP contribution in [0.3, 0.4) is 0 Å². The molecule has 0 saturated carbocycles. The largest absolute Gasteiger partial charge is 0.494 e. The van der Waals surface area contributed by atoms with Gasteiger partial charge in [0.25, 0.3) is 11.8 Å². The predicted molar refractivity (Wildman–Crippen MR) is 184 cm³/mol. The number of nitrogens with zero attached hydrogens (tertiary/aromatic N) is 3. The zero-order chi connectivity index (χ0) is 32.3. The molecule has 1 fully saturated rings.